The van der Waals surface area contributed by atoms with Gasteiger partial charge in [0, 0.05) is 41.1 Å². The van der Waals surface area contributed by atoms with Gasteiger partial charge in [-0.25, -0.2) is 4.79 Å². The highest BCUT2D eigenvalue weighted by Crippen LogP contribution is 2.30. The van der Waals surface area contributed by atoms with Crippen LogP contribution in [0.5, 0.6) is 0 Å². The fraction of sp³-hybridized carbons (Fsp3) is 0.333. The summed E-state index contributed by atoms with van der Waals surface area (Å²) in [5.41, 5.74) is 4.16. The average molecular weight is 517 g/mol. The lowest BCUT2D eigenvalue weighted by Gasteiger charge is -2.35. The maximum atomic E-state index is 13.1. The van der Waals surface area contributed by atoms with Crippen molar-refractivity contribution >= 4 is 40.8 Å². The largest absolute Gasteiger partial charge is 0.371 e. The summed E-state index contributed by atoms with van der Waals surface area (Å²) in [4.78, 5) is 29.2. The standard InChI is InChI=1S/C30H36N4O2S/c1-21(2)31-29(35)27-20-25(33-30(36)32-24-9-12-26(37-3)13-10-24)11-14-28(27)34-17-15-23(16-18-34)19-22-7-5-4-6-8-22/h4-14,20-21,23H,15-19H2,1-3H3,(H,31,35)(H2,32,33,36). The van der Waals surface area contributed by atoms with E-state index in [1.54, 1.807) is 17.8 Å². The van der Waals surface area contributed by atoms with Crippen molar-refractivity contribution < 1.29 is 9.59 Å². The molecule has 1 saturated heterocycles. The zero-order valence-corrected chi connectivity index (χ0v) is 22.6. The highest BCUT2D eigenvalue weighted by Gasteiger charge is 2.24. The number of thioether (sulfide) groups is 1. The molecule has 3 aromatic carbocycles. The van der Waals surface area contributed by atoms with Gasteiger partial charge in [0.2, 0.25) is 0 Å². The number of carbonyl (C=O) groups excluding carboxylic acids is 2. The average Bonchev–Trinajstić information content (AvgIpc) is 2.90. The Bertz CT molecular complexity index is 1190. The van der Waals surface area contributed by atoms with E-state index in [1.807, 2.05) is 56.5 Å². The maximum absolute atomic E-state index is 13.1. The molecule has 0 bridgehead atoms. The summed E-state index contributed by atoms with van der Waals surface area (Å²) in [6.45, 7) is 5.70. The number of anilines is 3. The minimum absolute atomic E-state index is 0.0149. The Morgan fingerprint density at radius 2 is 1.57 bits per heavy atom. The van der Waals surface area contributed by atoms with E-state index >= 15 is 0 Å². The van der Waals surface area contributed by atoms with Crippen molar-refractivity contribution in [2.75, 3.05) is 34.9 Å². The molecule has 0 radical (unpaired) electrons. The van der Waals surface area contributed by atoms with Gasteiger partial charge in [-0.1, -0.05) is 30.3 Å². The lowest BCUT2D eigenvalue weighted by Crippen LogP contribution is -2.37. The number of urea groups is 1. The number of nitrogens with zero attached hydrogens (tertiary/aromatic N) is 1. The SMILES string of the molecule is CSc1ccc(NC(=O)Nc2ccc(N3CCC(Cc4ccccc4)CC3)c(C(=O)NC(C)C)c2)cc1. The van der Waals surface area contributed by atoms with Crippen LogP contribution in [0, 0.1) is 5.92 Å². The van der Waals surface area contributed by atoms with Crippen molar-refractivity contribution in [3.63, 3.8) is 0 Å². The fourth-order valence-corrected chi connectivity index (χ4v) is 5.11. The summed E-state index contributed by atoms with van der Waals surface area (Å²) in [6.07, 6.45) is 5.27. The molecule has 4 rings (SSSR count). The van der Waals surface area contributed by atoms with Crippen LogP contribution < -0.4 is 20.9 Å². The molecule has 0 spiro atoms. The number of nitrogens with one attached hydrogen (secondary N) is 3. The minimum atomic E-state index is -0.346. The van der Waals surface area contributed by atoms with Gasteiger partial charge in [-0.05, 0) is 93.3 Å². The molecule has 0 saturated carbocycles. The Balaban J connectivity index is 1.45. The molecule has 194 valence electrons. The van der Waals surface area contributed by atoms with E-state index in [0.717, 1.165) is 42.9 Å². The maximum Gasteiger partial charge on any atom is 0.323 e. The molecule has 3 amide bonds. The third kappa shape index (κ3) is 7.52. The molecule has 3 N–H and O–H groups in total. The molecule has 1 aliphatic rings. The van der Waals surface area contributed by atoms with E-state index < -0.39 is 0 Å². The van der Waals surface area contributed by atoms with Gasteiger partial charge < -0.3 is 20.9 Å². The van der Waals surface area contributed by atoms with E-state index in [0.29, 0.717) is 22.9 Å². The third-order valence-corrected chi connectivity index (χ3v) is 7.33. The molecule has 1 heterocycles. The van der Waals surface area contributed by atoms with E-state index in [2.05, 4.69) is 51.2 Å². The van der Waals surface area contributed by atoms with Gasteiger partial charge in [-0.2, -0.15) is 0 Å². The molecule has 7 heteroatoms. The van der Waals surface area contributed by atoms with Crippen molar-refractivity contribution in [1.82, 2.24) is 5.32 Å². The monoisotopic (exact) mass is 516 g/mol. The number of carbonyl (C=O) groups is 2. The second kappa shape index (κ2) is 12.7. The van der Waals surface area contributed by atoms with Crippen LogP contribution in [0.25, 0.3) is 0 Å². The van der Waals surface area contributed by atoms with Gasteiger partial charge in [0.25, 0.3) is 5.91 Å². The van der Waals surface area contributed by atoms with Crippen LogP contribution in [0.4, 0.5) is 21.9 Å². The second-order valence-electron chi connectivity index (χ2n) is 9.79. The van der Waals surface area contributed by atoms with E-state index in [9.17, 15) is 9.59 Å². The van der Waals surface area contributed by atoms with E-state index in [4.69, 9.17) is 0 Å². The topological polar surface area (TPSA) is 73.5 Å². The molecule has 3 aromatic rings. The first-order chi connectivity index (χ1) is 17.9. The zero-order valence-electron chi connectivity index (χ0n) is 21.8. The molecule has 1 fully saturated rings. The quantitative estimate of drug-likeness (QED) is 0.293. The third-order valence-electron chi connectivity index (χ3n) is 6.59. The summed E-state index contributed by atoms with van der Waals surface area (Å²) in [7, 11) is 0. The van der Waals surface area contributed by atoms with Crippen LogP contribution in [0.15, 0.2) is 77.7 Å². The van der Waals surface area contributed by atoms with Gasteiger partial charge in [-0.15, -0.1) is 11.8 Å². The Labute approximate surface area is 224 Å². The molecule has 6 nitrogen and oxygen atoms in total. The van der Waals surface area contributed by atoms with Crippen LogP contribution in [0.2, 0.25) is 0 Å². The second-order valence-corrected chi connectivity index (χ2v) is 10.7. The summed E-state index contributed by atoms with van der Waals surface area (Å²) in [6, 6.07) is 23.6. The number of hydrogen-bond acceptors (Lipinski definition) is 4. The molecule has 1 aliphatic heterocycles. The summed E-state index contributed by atoms with van der Waals surface area (Å²) < 4.78 is 0. The number of amides is 3. The van der Waals surface area contributed by atoms with Crippen LogP contribution in [-0.2, 0) is 6.42 Å². The van der Waals surface area contributed by atoms with Crippen molar-refractivity contribution in [3.8, 4) is 0 Å². The van der Waals surface area contributed by atoms with Gasteiger partial charge in [0.05, 0.1) is 5.56 Å². The van der Waals surface area contributed by atoms with Crippen molar-refractivity contribution in [3.05, 3.63) is 83.9 Å². The van der Waals surface area contributed by atoms with Crippen LogP contribution in [0.1, 0.15) is 42.6 Å². The van der Waals surface area contributed by atoms with Gasteiger partial charge in [0.15, 0.2) is 0 Å². The van der Waals surface area contributed by atoms with Crippen LogP contribution in [0.3, 0.4) is 0 Å². The lowest BCUT2D eigenvalue weighted by molar-refractivity contribution is 0.0943. The predicted molar refractivity (Wildman–Crippen MR) is 155 cm³/mol. The summed E-state index contributed by atoms with van der Waals surface area (Å²) in [5.74, 6) is 0.509. The molecule has 0 atom stereocenters. The Kier molecular flexibility index (Phi) is 9.12. The smallest absolute Gasteiger partial charge is 0.323 e. The first-order valence-corrected chi connectivity index (χ1v) is 14.1. The summed E-state index contributed by atoms with van der Waals surface area (Å²) >= 11 is 1.65. The number of hydrogen-bond donors (Lipinski definition) is 3. The lowest BCUT2D eigenvalue weighted by atomic mass is 9.89. The van der Waals surface area contributed by atoms with E-state index in [-0.39, 0.29) is 18.0 Å². The summed E-state index contributed by atoms with van der Waals surface area (Å²) in [5, 5.41) is 8.75. The first-order valence-electron chi connectivity index (χ1n) is 12.9. The van der Waals surface area contributed by atoms with Crippen molar-refractivity contribution in [1.29, 1.82) is 0 Å². The molecule has 0 unspecified atom stereocenters. The zero-order chi connectivity index (χ0) is 26.2. The molecule has 37 heavy (non-hydrogen) atoms. The Morgan fingerprint density at radius 1 is 0.919 bits per heavy atom. The normalized spacial score (nSPS) is 13.9. The molecular weight excluding hydrogens is 480 g/mol. The van der Waals surface area contributed by atoms with Crippen LogP contribution >= 0.6 is 11.8 Å². The molecule has 0 aromatic heterocycles. The van der Waals surface area contributed by atoms with Crippen molar-refractivity contribution in [2.45, 2.75) is 44.0 Å². The van der Waals surface area contributed by atoms with E-state index in [1.165, 1.54) is 5.56 Å². The highest BCUT2D eigenvalue weighted by atomic mass is 32.2. The number of rotatable bonds is 8. The minimum Gasteiger partial charge on any atom is -0.371 e. The van der Waals surface area contributed by atoms with Gasteiger partial charge in [0.1, 0.15) is 0 Å². The first kappa shape index (κ1) is 26.6. The Morgan fingerprint density at radius 3 is 2.22 bits per heavy atom. The fourth-order valence-electron chi connectivity index (χ4n) is 4.70. The number of piperidine rings is 1. The molecule has 0 aliphatic carbocycles. The van der Waals surface area contributed by atoms with Crippen molar-refractivity contribution in [2.24, 2.45) is 5.92 Å². The van der Waals surface area contributed by atoms with Gasteiger partial charge in [-0.3, -0.25) is 4.79 Å². The van der Waals surface area contributed by atoms with Crippen LogP contribution in [-0.4, -0.2) is 37.3 Å². The predicted octanol–water partition coefficient (Wildman–Crippen LogP) is 6.65. The Hall–Kier alpha value is -3.45. The molecular formula is C30H36N4O2S. The highest BCUT2D eigenvalue weighted by molar-refractivity contribution is 7.98. The number of benzene rings is 3. The van der Waals surface area contributed by atoms with Gasteiger partial charge >= 0.3 is 6.03 Å².